The van der Waals surface area contributed by atoms with E-state index in [4.69, 9.17) is 0 Å². The smallest absolute Gasteiger partial charge is 0.264 e. The molecule has 0 bridgehead atoms. The lowest BCUT2D eigenvalue weighted by Gasteiger charge is -2.21. The molecule has 2 aromatic carbocycles. The van der Waals surface area contributed by atoms with Crippen LogP contribution in [-0.4, -0.2) is 19.3 Å². The molecule has 3 aromatic rings. The zero-order valence-electron chi connectivity index (χ0n) is 15.1. The van der Waals surface area contributed by atoms with E-state index in [1.165, 1.54) is 0 Å². The number of para-hydroxylation sites is 1. The molecule has 2 heterocycles. The second kappa shape index (κ2) is 6.04. The Labute approximate surface area is 163 Å². The number of amides is 1. The third-order valence-corrected chi connectivity index (χ3v) is 7.23. The van der Waals surface area contributed by atoms with Crippen molar-refractivity contribution in [3.8, 4) is 0 Å². The summed E-state index contributed by atoms with van der Waals surface area (Å²) in [7, 11) is -3.82. The average Bonchev–Trinajstić information content (AvgIpc) is 3.28. The molecule has 7 heteroatoms. The van der Waals surface area contributed by atoms with E-state index < -0.39 is 15.4 Å². The topological polar surface area (TPSA) is 88.2 Å². The predicted molar refractivity (Wildman–Crippen MR) is 108 cm³/mol. The molecule has 0 atom stereocenters. The minimum Gasteiger partial charge on any atom is -0.325 e. The molecule has 1 spiro atoms. The first-order valence-corrected chi connectivity index (χ1v) is 10.8. The Morgan fingerprint density at radius 1 is 1.04 bits per heavy atom. The molecule has 1 aliphatic heterocycles. The molecule has 1 aliphatic carbocycles. The van der Waals surface area contributed by atoms with Gasteiger partial charge in [-0.25, -0.2) is 8.42 Å². The van der Waals surface area contributed by atoms with E-state index in [0.29, 0.717) is 11.2 Å². The highest BCUT2D eigenvalue weighted by Gasteiger charge is 2.48. The average molecular weight is 393 g/mol. The SMILES string of the molecule is O=C1Nc2ccc(NS(=O)(=O)c3cccc4cccnc34)cc2C12CCCC2. The first-order chi connectivity index (χ1) is 13.5. The minimum atomic E-state index is -3.82. The van der Waals surface area contributed by atoms with Gasteiger partial charge >= 0.3 is 0 Å². The first kappa shape index (κ1) is 17.2. The third kappa shape index (κ3) is 2.50. The number of carbonyl (C=O) groups excluding carboxylic acids is 1. The zero-order chi connectivity index (χ0) is 19.4. The maximum absolute atomic E-state index is 13.1. The van der Waals surface area contributed by atoms with Crippen LogP contribution in [0.4, 0.5) is 11.4 Å². The van der Waals surface area contributed by atoms with Gasteiger partial charge in [0.05, 0.1) is 10.9 Å². The van der Waals surface area contributed by atoms with Crippen LogP contribution in [0, 0.1) is 0 Å². The first-order valence-electron chi connectivity index (χ1n) is 9.32. The van der Waals surface area contributed by atoms with Crippen molar-refractivity contribution in [1.82, 2.24) is 4.98 Å². The summed E-state index contributed by atoms with van der Waals surface area (Å²) in [6.45, 7) is 0. The molecule has 0 radical (unpaired) electrons. The summed E-state index contributed by atoms with van der Waals surface area (Å²) in [5.41, 5.74) is 2.04. The molecule has 1 saturated carbocycles. The number of fused-ring (bicyclic) bond motifs is 3. The van der Waals surface area contributed by atoms with Crippen molar-refractivity contribution in [3.63, 3.8) is 0 Å². The number of rotatable bonds is 3. The zero-order valence-corrected chi connectivity index (χ0v) is 15.9. The summed E-state index contributed by atoms with van der Waals surface area (Å²) < 4.78 is 28.8. The van der Waals surface area contributed by atoms with Crippen LogP contribution >= 0.6 is 0 Å². The number of sulfonamides is 1. The molecular weight excluding hydrogens is 374 g/mol. The largest absolute Gasteiger partial charge is 0.325 e. The Kier molecular flexibility index (Phi) is 3.71. The van der Waals surface area contributed by atoms with E-state index in [2.05, 4.69) is 15.0 Å². The lowest BCUT2D eigenvalue weighted by atomic mass is 9.80. The van der Waals surface area contributed by atoms with Crippen molar-refractivity contribution < 1.29 is 13.2 Å². The van der Waals surface area contributed by atoms with Crippen LogP contribution in [0.5, 0.6) is 0 Å². The predicted octanol–water partition coefficient (Wildman–Crippen LogP) is 3.80. The van der Waals surface area contributed by atoms with Crippen LogP contribution in [0.15, 0.2) is 59.6 Å². The fraction of sp³-hybridized carbons (Fsp3) is 0.238. The maximum Gasteiger partial charge on any atom is 0.264 e. The number of anilines is 2. The van der Waals surface area contributed by atoms with Crippen LogP contribution in [0.3, 0.4) is 0 Å². The Morgan fingerprint density at radius 2 is 1.82 bits per heavy atom. The lowest BCUT2D eigenvalue weighted by Crippen LogP contribution is -2.31. The van der Waals surface area contributed by atoms with Crippen molar-refractivity contribution in [2.75, 3.05) is 10.0 Å². The maximum atomic E-state index is 13.1. The van der Waals surface area contributed by atoms with E-state index >= 15 is 0 Å². The van der Waals surface area contributed by atoms with Gasteiger partial charge in [-0.3, -0.25) is 14.5 Å². The number of aromatic nitrogens is 1. The molecule has 28 heavy (non-hydrogen) atoms. The highest BCUT2D eigenvalue weighted by Crippen LogP contribution is 2.49. The van der Waals surface area contributed by atoms with E-state index in [1.54, 1.807) is 42.6 Å². The Hall–Kier alpha value is -2.93. The summed E-state index contributed by atoms with van der Waals surface area (Å²) in [4.78, 5) is 16.9. The van der Waals surface area contributed by atoms with E-state index in [1.807, 2.05) is 12.1 Å². The number of nitrogens with one attached hydrogen (secondary N) is 2. The van der Waals surface area contributed by atoms with Gasteiger partial charge < -0.3 is 5.32 Å². The molecule has 2 aliphatic rings. The number of benzene rings is 2. The van der Waals surface area contributed by atoms with Gasteiger partial charge in [0, 0.05) is 23.0 Å². The normalized spacial score (nSPS) is 17.6. The van der Waals surface area contributed by atoms with Gasteiger partial charge in [-0.1, -0.05) is 31.0 Å². The molecule has 6 nitrogen and oxygen atoms in total. The van der Waals surface area contributed by atoms with Gasteiger partial charge in [-0.2, -0.15) is 0 Å². The van der Waals surface area contributed by atoms with Gasteiger partial charge in [0.15, 0.2) is 0 Å². The molecule has 0 saturated heterocycles. The summed E-state index contributed by atoms with van der Waals surface area (Å²) in [6.07, 6.45) is 5.19. The van der Waals surface area contributed by atoms with Crippen LogP contribution in [0.25, 0.3) is 10.9 Å². The summed E-state index contributed by atoms with van der Waals surface area (Å²) in [5.74, 6) is 0.0262. The number of carbonyl (C=O) groups is 1. The number of nitrogens with zero attached hydrogens (tertiary/aromatic N) is 1. The highest BCUT2D eigenvalue weighted by atomic mass is 32.2. The standard InChI is InChI=1S/C21H19N3O3S/c25-20-21(10-1-2-11-21)16-13-15(8-9-17(16)23-20)24-28(26,27)18-7-3-5-14-6-4-12-22-19(14)18/h3-9,12-13,24H,1-2,10-11H2,(H,23,25). The van der Waals surface area contributed by atoms with Crippen LogP contribution in [0.1, 0.15) is 31.2 Å². The van der Waals surface area contributed by atoms with Crippen LogP contribution in [0.2, 0.25) is 0 Å². The number of pyridine rings is 1. The quantitative estimate of drug-likeness (QED) is 0.708. The van der Waals surface area contributed by atoms with Gasteiger partial charge in [0.2, 0.25) is 5.91 Å². The Morgan fingerprint density at radius 3 is 2.64 bits per heavy atom. The minimum absolute atomic E-state index is 0.0262. The second-order valence-corrected chi connectivity index (χ2v) is 9.09. The van der Waals surface area contributed by atoms with Crippen molar-refractivity contribution in [2.24, 2.45) is 0 Å². The van der Waals surface area contributed by atoms with Crippen LogP contribution < -0.4 is 10.0 Å². The van der Waals surface area contributed by atoms with E-state index in [0.717, 1.165) is 42.3 Å². The Bertz CT molecular complexity index is 1210. The van der Waals surface area contributed by atoms with Crippen molar-refractivity contribution in [3.05, 3.63) is 60.3 Å². The van der Waals surface area contributed by atoms with Gasteiger partial charge in [0.1, 0.15) is 4.90 Å². The summed E-state index contributed by atoms with van der Waals surface area (Å²) in [6, 6.07) is 14.0. The van der Waals surface area contributed by atoms with Crippen molar-refractivity contribution in [1.29, 1.82) is 0 Å². The summed E-state index contributed by atoms with van der Waals surface area (Å²) >= 11 is 0. The molecular formula is C21H19N3O3S. The summed E-state index contributed by atoms with van der Waals surface area (Å²) in [5, 5.41) is 3.71. The van der Waals surface area contributed by atoms with Gasteiger partial charge in [-0.05, 0) is 48.7 Å². The molecule has 1 amide bonds. The highest BCUT2D eigenvalue weighted by molar-refractivity contribution is 7.93. The molecule has 142 valence electrons. The Balaban J connectivity index is 1.55. The van der Waals surface area contributed by atoms with Crippen LogP contribution in [-0.2, 0) is 20.2 Å². The second-order valence-electron chi connectivity index (χ2n) is 7.44. The fourth-order valence-electron chi connectivity index (χ4n) is 4.46. The monoisotopic (exact) mass is 393 g/mol. The van der Waals surface area contributed by atoms with Gasteiger partial charge in [0.25, 0.3) is 10.0 Å². The van der Waals surface area contributed by atoms with Crippen molar-refractivity contribution >= 4 is 38.2 Å². The van der Waals surface area contributed by atoms with E-state index in [-0.39, 0.29) is 10.8 Å². The third-order valence-electron chi connectivity index (χ3n) is 5.81. The fourth-order valence-corrected chi connectivity index (χ4v) is 5.69. The number of hydrogen-bond donors (Lipinski definition) is 2. The lowest BCUT2D eigenvalue weighted by molar-refractivity contribution is -0.120. The number of hydrogen-bond acceptors (Lipinski definition) is 4. The molecule has 5 rings (SSSR count). The van der Waals surface area contributed by atoms with Crippen molar-refractivity contribution in [2.45, 2.75) is 36.0 Å². The molecule has 2 N–H and O–H groups in total. The molecule has 1 fully saturated rings. The molecule has 0 unspecified atom stereocenters. The van der Waals surface area contributed by atoms with Gasteiger partial charge in [-0.15, -0.1) is 0 Å². The molecule has 1 aromatic heterocycles. The van der Waals surface area contributed by atoms with E-state index in [9.17, 15) is 13.2 Å².